The van der Waals surface area contributed by atoms with E-state index in [0.717, 1.165) is 0 Å². The zero-order valence-corrected chi connectivity index (χ0v) is 11.4. The maximum absolute atomic E-state index is 13.3. The first-order chi connectivity index (χ1) is 9.65. The molecule has 0 heterocycles. The van der Waals surface area contributed by atoms with Crippen LogP contribution in [0.25, 0.3) is 0 Å². The molecule has 0 aliphatic rings. The van der Waals surface area contributed by atoms with Crippen LogP contribution in [0.1, 0.15) is 6.42 Å². The van der Waals surface area contributed by atoms with Gasteiger partial charge in [0.2, 0.25) is 5.91 Å². The molecule has 0 fully saturated rings. The Morgan fingerprint density at radius 1 is 1.20 bits per heavy atom. The molecule has 0 saturated heterocycles. The number of ether oxygens (including phenoxy) is 1. The van der Waals surface area contributed by atoms with Crippen LogP contribution in [0.5, 0.6) is 5.75 Å². The van der Waals surface area contributed by atoms with Gasteiger partial charge in [-0.2, -0.15) is 0 Å². The van der Waals surface area contributed by atoms with Crippen LogP contribution in [0.4, 0.5) is 10.1 Å². The van der Waals surface area contributed by atoms with Crippen molar-refractivity contribution in [2.45, 2.75) is 6.42 Å². The van der Waals surface area contributed by atoms with E-state index in [1.54, 1.807) is 36.4 Å². The molecule has 3 nitrogen and oxygen atoms in total. The minimum atomic E-state index is -0.442. The van der Waals surface area contributed by atoms with Gasteiger partial charge in [0, 0.05) is 10.7 Å². The number of benzene rings is 2. The first kappa shape index (κ1) is 14.3. The summed E-state index contributed by atoms with van der Waals surface area (Å²) in [5, 5.41) is 3.23. The Bertz CT molecular complexity index is 604. The highest BCUT2D eigenvalue weighted by Crippen LogP contribution is 2.16. The number of hydrogen-bond donors (Lipinski definition) is 1. The van der Waals surface area contributed by atoms with Gasteiger partial charge in [0.05, 0.1) is 13.0 Å². The molecule has 1 amide bonds. The van der Waals surface area contributed by atoms with Crippen LogP contribution in [-0.2, 0) is 4.79 Å². The van der Waals surface area contributed by atoms with Crippen molar-refractivity contribution in [3.05, 3.63) is 59.4 Å². The van der Waals surface area contributed by atoms with Gasteiger partial charge in [0.25, 0.3) is 0 Å². The van der Waals surface area contributed by atoms with Gasteiger partial charge in [-0.15, -0.1) is 0 Å². The molecule has 0 spiro atoms. The zero-order chi connectivity index (χ0) is 14.4. The van der Waals surface area contributed by atoms with Gasteiger partial charge in [-0.1, -0.05) is 29.8 Å². The van der Waals surface area contributed by atoms with E-state index in [4.69, 9.17) is 16.3 Å². The van der Waals surface area contributed by atoms with Crippen molar-refractivity contribution in [3.8, 4) is 5.75 Å². The molecule has 2 aromatic carbocycles. The van der Waals surface area contributed by atoms with E-state index in [2.05, 4.69) is 5.32 Å². The molecule has 0 unspecified atom stereocenters. The lowest BCUT2D eigenvalue weighted by atomic mass is 10.3. The van der Waals surface area contributed by atoms with Crippen LogP contribution < -0.4 is 10.1 Å². The fourth-order valence-corrected chi connectivity index (χ4v) is 1.80. The van der Waals surface area contributed by atoms with E-state index in [0.29, 0.717) is 10.7 Å². The molecular weight excluding hydrogens is 281 g/mol. The van der Waals surface area contributed by atoms with E-state index in [-0.39, 0.29) is 24.7 Å². The van der Waals surface area contributed by atoms with Crippen molar-refractivity contribution in [3.63, 3.8) is 0 Å². The topological polar surface area (TPSA) is 38.3 Å². The second kappa shape index (κ2) is 6.91. The third-order valence-corrected chi connectivity index (χ3v) is 2.77. The fraction of sp³-hybridized carbons (Fsp3) is 0.133. The van der Waals surface area contributed by atoms with Crippen molar-refractivity contribution in [1.82, 2.24) is 0 Å². The number of halogens is 2. The van der Waals surface area contributed by atoms with E-state index < -0.39 is 5.82 Å². The molecule has 0 aromatic heterocycles. The Kier molecular flexibility index (Phi) is 4.96. The second-order valence-corrected chi connectivity index (χ2v) is 4.52. The minimum Gasteiger partial charge on any atom is -0.490 e. The van der Waals surface area contributed by atoms with Crippen molar-refractivity contribution in [1.29, 1.82) is 0 Å². The normalized spacial score (nSPS) is 10.1. The number of nitrogens with one attached hydrogen (secondary N) is 1. The molecule has 0 aliphatic carbocycles. The lowest BCUT2D eigenvalue weighted by molar-refractivity contribution is -0.116. The quantitative estimate of drug-likeness (QED) is 0.908. The lowest BCUT2D eigenvalue weighted by Gasteiger charge is -2.08. The van der Waals surface area contributed by atoms with Gasteiger partial charge in [-0.25, -0.2) is 4.39 Å². The third kappa shape index (κ3) is 4.24. The molecule has 0 saturated carbocycles. The smallest absolute Gasteiger partial charge is 0.227 e. The summed E-state index contributed by atoms with van der Waals surface area (Å²) in [7, 11) is 0. The van der Waals surface area contributed by atoms with Crippen LogP contribution >= 0.6 is 11.6 Å². The number of amides is 1. The SMILES string of the molecule is O=C(CCOc1ccccc1F)Nc1cccc(Cl)c1. The maximum atomic E-state index is 13.3. The maximum Gasteiger partial charge on any atom is 0.227 e. The minimum absolute atomic E-state index is 0.104. The molecule has 0 bridgehead atoms. The highest BCUT2D eigenvalue weighted by molar-refractivity contribution is 6.30. The van der Waals surface area contributed by atoms with Crippen LogP contribution in [0.3, 0.4) is 0 Å². The first-order valence-electron chi connectivity index (χ1n) is 6.08. The molecule has 2 rings (SSSR count). The lowest BCUT2D eigenvalue weighted by Crippen LogP contribution is -2.15. The number of hydrogen-bond acceptors (Lipinski definition) is 2. The number of rotatable bonds is 5. The van der Waals surface area contributed by atoms with Gasteiger partial charge < -0.3 is 10.1 Å². The molecule has 0 atom stereocenters. The van der Waals surface area contributed by atoms with Crippen LogP contribution in [-0.4, -0.2) is 12.5 Å². The van der Waals surface area contributed by atoms with Crippen molar-refractivity contribution >= 4 is 23.2 Å². The van der Waals surface area contributed by atoms with Gasteiger partial charge in [0.15, 0.2) is 11.6 Å². The Balaban J connectivity index is 1.80. The van der Waals surface area contributed by atoms with Crippen molar-refractivity contribution in [2.75, 3.05) is 11.9 Å². The average molecular weight is 294 g/mol. The molecule has 0 aliphatic heterocycles. The zero-order valence-electron chi connectivity index (χ0n) is 10.6. The van der Waals surface area contributed by atoms with E-state index in [1.807, 2.05) is 0 Å². The van der Waals surface area contributed by atoms with E-state index in [9.17, 15) is 9.18 Å². The third-order valence-electron chi connectivity index (χ3n) is 2.53. The predicted octanol–water partition coefficient (Wildman–Crippen LogP) is 3.89. The van der Waals surface area contributed by atoms with E-state index in [1.165, 1.54) is 12.1 Å². The number of para-hydroxylation sites is 1. The Hall–Kier alpha value is -2.07. The molecule has 1 N–H and O–H groups in total. The second-order valence-electron chi connectivity index (χ2n) is 4.09. The Morgan fingerprint density at radius 3 is 2.75 bits per heavy atom. The average Bonchev–Trinajstić information content (AvgIpc) is 2.41. The summed E-state index contributed by atoms with van der Waals surface area (Å²) in [5.74, 6) is -0.519. The number of carbonyl (C=O) groups excluding carboxylic acids is 1. The van der Waals surface area contributed by atoms with Crippen LogP contribution in [0.15, 0.2) is 48.5 Å². The van der Waals surface area contributed by atoms with Crippen LogP contribution in [0.2, 0.25) is 5.02 Å². The summed E-state index contributed by atoms with van der Waals surface area (Å²) < 4.78 is 18.5. The molecule has 2 aromatic rings. The van der Waals surface area contributed by atoms with E-state index >= 15 is 0 Å². The van der Waals surface area contributed by atoms with Gasteiger partial charge in [-0.3, -0.25) is 4.79 Å². The summed E-state index contributed by atoms with van der Waals surface area (Å²) >= 11 is 5.81. The summed E-state index contributed by atoms with van der Waals surface area (Å²) in [6, 6.07) is 12.9. The van der Waals surface area contributed by atoms with Crippen molar-refractivity contribution in [2.24, 2.45) is 0 Å². The summed E-state index contributed by atoms with van der Waals surface area (Å²) in [5.41, 5.74) is 0.619. The molecule has 0 radical (unpaired) electrons. The highest BCUT2D eigenvalue weighted by atomic mass is 35.5. The standard InChI is InChI=1S/C15H13ClFNO2/c16-11-4-3-5-12(10-11)18-15(19)8-9-20-14-7-2-1-6-13(14)17/h1-7,10H,8-9H2,(H,18,19). The predicted molar refractivity (Wildman–Crippen MR) is 76.6 cm³/mol. The van der Waals surface area contributed by atoms with Gasteiger partial charge in [0.1, 0.15) is 0 Å². The number of anilines is 1. The number of carbonyl (C=O) groups is 1. The first-order valence-corrected chi connectivity index (χ1v) is 6.46. The van der Waals surface area contributed by atoms with Gasteiger partial charge in [-0.05, 0) is 30.3 Å². The largest absolute Gasteiger partial charge is 0.490 e. The highest BCUT2D eigenvalue weighted by Gasteiger charge is 2.05. The Labute approximate surface area is 121 Å². The Morgan fingerprint density at radius 2 is 2.00 bits per heavy atom. The van der Waals surface area contributed by atoms with Crippen molar-refractivity contribution < 1.29 is 13.9 Å². The molecule has 5 heteroatoms. The monoisotopic (exact) mass is 293 g/mol. The van der Waals surface area contributed by atoms with Gasteiger partial charge >= 0.3 is 0 Å². The van der Waals surface area contributed by atoms with Crippen LogP contribution in [0, 0.1) is 5.82 Å². The molecule has 20 heavy (non-hydrogen) atoms. The summed E-state index contributed by atoms with van der Waals surface area (Å²) in [6.07, 6.45) is 0.126. The summed E-state index contributed by atoms with van der Waals surface area (Å²) in [6.45, 7) is 0.104. The fourth-order valence-electron chi connectivity index (χ4n) is 1.61. The molecule has 104 valence electrons. The summed E-state index contributed by atoms with van der Waals surface area (Å²) in [4.78, 5) is 11.7. The molecular formula is C15H13ClFNO2.